The van der Waals surface area contributed by atoms with Gasteiger partial charge in [0, 0.05) is 12.1 Å². The Hall–Kier alpha value is -1.74. The SMILES string of the molecule is CCOC(=O)C#Cc1ncc(C(F)(F)F)cc1Cl. The predicted molar refractivity (Wildman–Crippen MR) is 57.8 cm³/mol. The molecule has 0 fully saturated rings. The van der Waals surface area contributed by atoms with Gasteiger partial charge in [-0.05, 0) is 18.9 Å². The number of ether oxygens (including phenoxy) is 1. The number of carbonyl (C=O) groups excluding carboxylic acids is 1. The minimum absolute atomic E-state index is 0.113. The highest BCUT2D eigenvalue weighted by molar-refractivity contribution is 6.31. The van der Waals surface area contributed by atoms with Crippen molar-refractivity contribution < 1.29 is 22.7 Å². The highest BCUT2D eigenvalue weighted by Crippen LogP contribution is 2.30. The van der Waals surface area contributed by atoms with Crippen molar-refractivity contribution in [1.82, 2.24) is 4.98 Å². The first-order valence-electron chi connectivity index (χ1n) is 4.76. The summed E-state index contributed by atoms with van der Waals surface area (Å²) in [5, 5.41) is -0.276. The third-order valence-corrected chi connectivity index (χ3v) is 2.02. The third-order valence-electron chi connectivity index (χ3n) is 1.73. The normalized spacial score (nSPS) is 10.5. The second kappa shape index (κ2) is 5.74. The Morgan fingerprint density at radius 2 is 2.22 bits per heavy atom. The van der Waals surface area contributed by atoms with Crippen molar-refractivity contribution in [3.05, 3.63) is 28.5 Å². The minimum Gasteiger partial charge on any atom is -0.456 e. The standard InChI is InChI=1S/C11H7ClF3NO2/c1-2-18-10(17)4-3-9-8(12)5-7(6-16-9)11(13,14)15/h5-6H,2H2,1H3. The number of nitrogens with zero attached hydrogens (tertiary/aromatic N) is 1. The van der Waals surface area contributed by atoms with Crippen molar-refractivity contribution in [2.24, 2.45) is 0 Å². The molecule has 0 spiro atoms. The monoisotopic (exact) mass is 277 g/mol. The van der Waals surface area contributed by atoms with E-state index in [4.69, 9.17) is 11.6 Å². The number of esters is 1. The smallest absolute Gasteiger partial charge is 0.417 e. The maximum absolute atomic E-state index is 12.3. The van der Waals surface area contributed by atoms with Crippen molar-refractivity contribution in [2.75, 3.05) is 6.61 Å². The Morgan fingerprint density at radius 1 is 1.56 bits per heavy atom. The molecule has 1 heterocycles. The molecule has 0 atom stereocenters. The molecule has 0 radical (unpaired) electrons. The number of hydrogen-bond acceptors (Lipinski definition) is 3. The van der Waals surface area contributed by atoms with Gasteiger partial charge < -0.3 is 4.74 Å². The molecule has 0 N–H and O–H groups in total. The van der Waals surface area contributed by atoms with Gasteiger partial charge in [-0.3, -0.25) is 0 Å². The molecule has 0 saturated carbocycles. The van der Waals surface area contributed by atoms with Crippen molar-refractivity contribution >= 4 is 17.6 Å². The Kier molecular flexibility index (Phi) is 4.56. The van der Waals surface area contributed by atoms with Crippen LogP contribution in [0.15, 0.2) is 12.3 Å². The van der Waals surface area contributed by atoms with Crippen molar-refractivity contribution in [2.45, 2.75) is 13.1 Å². The number of aromatic nitrogens is 1. The van der Waals surface area contributed by atoms with Gasteiger partial charge in [0.15, 0.2) is 0 Å². The van der Waals surface area contributed by atoms with Gasteiger partial charge >= 0.3 is 12.1 Å². The van der Waals surface area contributed by atoms with Gasteiger partial charge in [0.05, 0.1) is 17.2 Å². The van der Waals surface area contributed by atoms with E-state index in [0.717, 1.165) is 0 Å². The van der Waals surface area contributed by atoms with E-state index in [9.17, 15) is 18.0 Å². The summed E-state index contributed by atoms with van der Waals surface area (Å²) < 4.78 is 41.4. The molecule has 18 heavy (non-hydrogen) atoms. The lowest BCUT2D eigenvalue weighted by Gasteiger charge is -2.06. The molecule has 96 valence electrons. The molecule has 1 rings (SSSR count). The van der Waals surface area contributed by atoms with Gasteiger partial charge in [-0.25, -0.2) is 9.78 Å². The highest BCUT2D eigenvalue weighted by Gasteiger charge is 2.31. The molecule has 3 nitrogen and oxygen atoms in total. The minimum atomic E-state index is -4.52. The van der Waals surface area contributed by atoms with Crippen LogP contribution in [-0.2, 0) is 15.7 Å². The maximum atomic E-state index is 12.3. The van der Waals surface area contributed by atoms with E-state index < -0.39 is 17.7 Å². The van der Waals surface area contributed by atoms with E-state index in [-0.39, 0.29) is 17.3 Å². The lowest BCUT2D eigenvalue weighted by Crippen LogP contribution is -2.06. The number of alkyl halides is 3. The molecular weight excluding hydrogens is 271 g/mol. The van der Waals surface area contributed by atoms with Crippen LogP contribution in [0.2, 0.25) is 5.02 Å². The fraction of sp³-hybridized carbons (Fsp3) is 0.273. The summed E-state index contributed by atoms with van der Waals surface area (Å²) in [6.07, 6.45) is -3.93. The van der Waals surface area contributed by atoms with E-state index in [1.807, 2.05) is 0 Å². The first-order chi connectivity index (χ1) is 8.34. The largest absolute Gasteiger partial charge is 0.456 e. The van der Waals surface area contributed by atoms with E-state index in [1.165, 1.54) is 0 Å². The van der Waals surface area contributed by atoms with Crippen LogP contribution >= 0.6 is 11.6 Å². The summed E-state index contributed by atoms with van der Waals surface area (Å²) in [5.41, 5.74) is -1.09. The van der Waals surface area contributed by atoms with E-state index in [0.29, 0.717) is 12.3 Å². The van der Waals surface area contributed by atoms with Gasteiger partial charge in [-0.1, -0.05) is 11.6 Å². The zero-order valence-electron chi connectivity index (χ0n) is 9.14. The van der Waals surface area contributed by atoms with Crippen LogP contribution in [0.1, 0.15) is 18.2 Å². The Morgan fingerprint density at radius 3 is 2.72 bits per heavy atom. The van der Waals surface area contributed by atoms with E-state index in [1.54, 1.807) is 6.92 Å². The molecule has 0 aliphatic heterocycles. The highest BCUT2D eigenvalue weighted by atomic mass is 35.5. The molecule has 0 unspecified atom stereocenters. The van der Waals surface area contributed by atoms with Crippen LogP contribution in [0.5, 0.6) is 0 Å². The molecule has 0 aliphatic rings. The van der Waals surface area contributed by atoms with Crippen LogP contribution in [0, 0.1) is 11.8 Å². The topological polar surface area (TPSA) is 39.2 Å². The zero-order valence-corrected chi connectivity index (χ0v) is 9.89. The number of rotatable bonds is 1. The summed E-state index contributed by atoms with van der Waals surface area (Å²) in [6, 6.07) is 0.698. The fourth-order valence-corrected chi connectivity index (χ4v) is 1.18. The number of halogens is 4. The summed E-state index contributed by atoms with van der Waals surface area (Å²) in [7, 11) is 0. The van der Waals surface area contributed by atoms with Gasteiger partial charge in [-0.2, -0.15) is 13.2 Å². The van der Waals surface area contributed by atoms with Gasteiger partial charge in [0.1, 0.15) is 5.69 Å². The van der Waals surface area contributed by atoms with Crippen LogP contribution in [0.4, 0.5) is 13.2 Å². The van der Waals surface area contributed by atoms with Gasteiger partial charge in [0.2, 0.25) is 0 Å². The average Bonchev–Trinajstić information content (AvgIpc) is 2.26. The third kappa shape index (κ3) is 3.93. The van der Waals surface area contributed by atoms with Crippen LogP contribution in [-0.4, -0.2) is 17.6 Å². The Bertz CT molecular complexity index is 517. The number of hydrogen-bond donors (Lipinski definition) is 0. The summed E-state index contributed by atoms with van der Waals surface area (Å²) in [4.78, 5) is 14.4. The number of carbonyl (C=O) groups is 1. The summed E-state index contributed by atoms with van der Waals surface area (Å²) in [6.45, 7) is 1.75. The van der Waals surface area contributed by atoms with Gasteiger partial charge in [-0.15, -0.1) is 0 Å². The predicted octanol–water partition coefficient (Wildman–Crippen LogP) is 2.67. The molecular formula is C11H7ClF3NO2. The molecule has 7 heteroatoms. The quantitative estimate of drug-likeness (QED) is 0.585. The summed E-state index contributed by atoms with van der Waals surface area (Å²) >= 11 is 5.58. The van der Waals surface area contributed by atoms with Gasteiger partial charge in [0.25, 0.3) is 0 Å². The number of pyridine rings is 1. The first-order valence-corrected chi connectivity index (χ1v) is 5.14. The first kappa shape index (κ1) is 14.3. The lowest BCUT2D eigenvalue weighted by molar-refractivity contribution is -0.138. The van der Waals surface area contributed by atoms with Crippen molar-refractivity contribution in [3.8, 4) is 11.8 Å². The Labute approximate surface area is 106 Å². The summed E-state index contributed by atoms with van der Waals surface area (Å²) in [5.74, 6) is 3.50. The fourth-order valence-electron chi connectivity index (χ4n) is 0.962. The molecule has 0 bridgehead atoms. The van der Waals surface area contributed by atoms with Crippen molar-refractivity contribution in [1.29, 1.82) is 0 Å². The van der Waals surface area contributed by atoms with E-state index >= 15 is 0 Å². The van der Waals surface area contributed by atoms with Crippen LogP contribution < -0.4 is 0 Å². The maximum Gasteiger partial charge on any atom is 0.417 e. The van der Waals surface area contributed by atoms with Crippen LogP contribution in [0.3, 0.4) is 0 Å². The molecule has 0 amide bonds. The molecule has 0 aliphatic carbocycles. The van der Waals surface area contributed by atoms with E-state index in [2.05, 4.69) is 21.6 Å². The Balaban J connectivity index is 2.97. The molecule has 0 aromatic carbocycles. The molecule has 0 saturated heterocycles. The molecule has 1 aromatic heterocycles. The average molecular weight is 278 g/mol. The second-order valence-corrected chi connectivity index (χ2v) is 3.43. The van der Waals surface area contributed by atoms with Crippen LogP contribution in [0.25, 0.3) is 0 Å². The second-order valence-electron chi connectivity index (χ2n) is 3.02. The molecule has 1 aromatic rings. The lowest BCUT2D eigenvalue weighted by atomic mass is 10.2. The zero-order chi connectivity index (χ0) is 13.8. The van der Waals surface area contributed by atoms with Crippen molar-refractivity contribution in [3.63, 3.8) is 0 Å².